The van der Waals surface area contributed by atoms with Crippen molar-refractivity contribution in [2.45, 2.75) is 70.4 Å². The van der Waals surface area contributed by atoms with Gasteiger partial charge in [0.25, 0.3) is 0 Å². The molecule has 2 fully saturated rings. The second-order valence-electron chi connectivity index (χ2n) is 6.02. The molecule has 2 aliphatic rings. The van der Waals surface area contributed by atoms with Crippen LogP contribution in [0.2, 0.25) is 0 Å². The van der Waals surface area contributed by atoms with Crippen molar-refractivity contribution in [3.8, 4) is 0 Å². The average molecular weight is 224 g/mol. The molecule has 0 saturated heterocycles. The summed E-state index contributed by atoms with van der Waals surface area (Å²) >= 11 is 0. The van der Waals surface area contributed by atoms with Crippen LogP contribution in [0.1, 0.15) is 58.3 Å². The fourth-order valence-corrected chi connectivity index (χ4v) is 3.59. The van der Waals surface area contributed by atoms with E-state index in [2.05, 4.69) is 12.2 Å². The lowest BCUT2D eigenvalue weighted by Gasteiger charge is -2.32. The minimum absolute atomic E-state index is 0.593. The summed E-state index contributed by atoms with van der Waals surface area (Å²) in [6.07, 6.45) is 11.2. The Morgan fingerprint density at radius 1 is 1.12 bits per heavy atom. The number of nitrogens with one attached hydrogen (secondary N) is 1. The Morgan fingerprint density at radius 3 is 2.44 bits per heavy atom. The molecule has 0 radical (unpaired) electrons. The number of nitrogens with two attached hydrogens (primary N) is 1. The second-order valence-corrected chi connectivity index (χ2v) is 6.02. The molecule has 2 nitrogen and oxygen atoms in total. The number of hydrogen-bond donors (Lipinski definition) is 2. The van der Waals surface area contributed by atoms with Crippen LogP contribution in [0.15, 0.2) is 0 Å². The van der Waals surface area contributed by atoms with Crippen molar-refractivity contribution in [1.29, 1.82) is 0 Å². The van der Waals surface area contributed by atoms with Crippen LogP contribution in [0.3, 0.4) is 0 Å². The van der Waals surface area contributed by atoms with Crippen LogP contribution >= 0.6 is 0 Å². The molecule has 0 bridgehead atoms. The highest BCUT2D eigenvalue weighted by molar-refractivity contribution is 4.86. The first-order valence-electron chi connectivity index (χ1n) is 7.25. The molecule has 2 heteroatoms. The van der Waals surface area contributed by atoms with Crippen molar-refractivity contribution in [2.24, 2.45) is 17.6 Å². The lowest BCUT2D eigenvalue weighted by molar-refractivity contribution is 0.254. The molecule has 2 aliphatic carbocycles. The molecule has 3 unspecified atom stereocenters. The zero-order valence-electron chi connectivity index (χ0n) is 10.8. The Hall–Kier alpha value is -0.0800. The third-order valence-electron chi connectivity index (χ3n) is 4.62. The van der Waals surface area contributed by atoms with E-state index in [9.17, 15) is 0 Å². The van der Waals surface area contributed by atoms with Gasteiger partial charge in [-0.15, -0.1) is 0 Å². The van der Waals surface area contributed by atoms with Crippen LogP contribution in [-0.2, 0) is 0 Å². The summed E-state index contributed by atoms with van der Waals surface area (Å²) in [6.45, 7) is 3.20. The second kappa shape index (κ2) is 6.02. The maximum Gasteiger partial charge on any atom is 0.0221 e. The van der Waals surface area contributed by atoms with Gasteiger partial charge >= 0.3 is 0 Å². The monoisotopic (exact) mass is 224 g/mol. The number of rotatable bonds is 4. The highest BCUT2D eigenvalue weighted by Crippen LogP contribution is 2.29. The topological polar surface area (TPSA) is 38.0 Å². The van der Waals surface area contributed by atoms with E-state index in [4.69, 9.17) is 5.73 Å². The molecule has 0 aromatic rings. The van der Waals surface area contributed by atoms with Gasteiger partial charge < -0.3 is 11.1 Å². The third kappa shape index (κ3) is 3.21. The summed E-state index contributed by atoms with van der Waals surface area (Å²) in [4.78, 5) is 0. The van der Waals surface area contributed by atoms with E-state index in [0.29, 0.717) is 6.04 Å². The van der Waals surface area contributed by atoms with Crippen LogP contribution in [0.25, 0.3) is 0 Å². The van der Waals surface area contributed by atoms with E-state index >= 15 is 0 Å². The van der Waals surface area contributed by atoms with Gasteiger partial charge in [-0.2, -0.15) is 0 Å². The van der Waals surface area contributed by atoms with E-state index < -0.39 is 0 Å². The fourth-order valence-electron chi connectivity index (χ4n) is 3.59. The van der Waals surface area contributed by atoms with E-state index in [0.717, 1.165) is 24.4 Å². The van der Waals surface area contributed by atoms with E-state index in [-0.39, 0.29) is 0 Å². The number of hydrogen-bond acceptors (Lipinski definition) is 2. The molecule has 3 atom stereocenters. The van der Waals surface area contributed by atoms with Gasteiger partial charge in [0.2, 0.25) is 0 Å². The minimum Gasteiger partial charge on any atom is -0.329 e. The van der Waals surface area contributed by atoms with Gasteiger partial charge in [0, 0.05) is 18.6 Å². The molecule has 94 valence electrons. The Morgan fingerprint density at radius 2 is 1.88 bits per heavy atom. The normalized spacial score (nSPS) is 34.1. The summed E-state index contributed by atoms with van der Waals surface area (Å²) < 4.78 is 0. The van der Waals surface area contributed by atoms with E-state index in [1.54, 1.807) is 0 Å². The highest BCUT2D eigenvalue weighted by Gasteiger charge is 2.27. The lowest BCUT2D eigenvalue weighted by atomic mass is 9.83. The van der Waals surface area contributed by atoms with Gasteiger partial charge in [-0.25, -0.2) is 0 Å². The van der Waals surface area contributed by atoms with Crippen molar-refractivity contribution < 1.29 is 0 Å². The largest absolute Gasteiger partial charge is 0.329 e. The molecular weight excluding hydrogens is 196 g/mol. The molecule has 16 heavy (non-hydrogen) atoms. The molecule has 0 spiro atoms. The molecule has 0 aromatic carbocycles. The summed E-state index contributed by atoms with van der Waals surface area (Å²) in [5, 5.41) is 3.84. The maximum atomic E-state index is 5.95. The van der Waals surface area contributed by atoms with E-state index in [1.165, 1.54) is 51.4 Å². The minimum atomic E-state index is 0.593. The Bertz CT molecular complexity index is 199. The van der Waals surface area contributed by atoms with Gasteiger partial charge in [-0.05, 0) is 43.9 Å². The molecule has 0 aromatic heterocycles. The summed E-state index contributed by atoms with van der Waals surface area (Å²) in [5.41, 5.74) is 5.95. The first-order valence-corrected chi connectivity index (χ1v) is 7.25. The van der Waals surface area contributed by atoms with Crippen LogP contribution in [0.5, 0.6) is 0 Å². The Kier molecular flexibility index (Phi) is 4.66. The highest BCUT2D eigenvalue weighted by atomic mass is 15.0. The molecular formula is C14H28N2. The van der Waals surface area contributed by atoms with Crippen LogP contribution in [-0.4, -0.2) is 18.6 Å². The van der Waals surface area contributed by atoms with Crippen LogP contribution in [0.4, 0.5) is 0 Å². The average Bonchev–Trinajstić information content (AvgIpc) is 2.73. The molecule has 0 aliphatic heterocycles. The van der Waals surface area contributed by atoms with Gasteiger partial charge in [-0.3, -0.25) is 0 Å². The fraction of sp³-hybridized carbons (Fsp3) is 1.00. The van der Waals surface area contributed by atoms with Crippen LogP contribution in [0, 0.1) is 11.8 Å². The lowest BCUT2D eigenvalue weighted by Crippen LogP contribution is -2.47. The van der Waals surface area contributed by atoms with Crippen molar-refractivity contribution >= 4 is 0 Å². The first-order chi connectivity index (χ1) is 7.79. The molecule has 2 rings (SSSR count). The van der Waals surface area contributed by atoms with Crippen molar-refractivity contribution in [1.82, 2.24) is 5.32 Å². The summed E-state index contributed by atoms with van der Waals surface area (Å²) in [5.74, 6) is 1.77. The predicted octanol–water partition coefficient (Wildman–Crippen LogP) is 2.67. The van der Waals surface area contributed by atoms with Crippen molar-refractivity contribution in [3.63, 3.8) is 0 Å². The molecule has 0 heterocycles. The summed E-state index contributed by atoms with van der Waals surface area (Å²) in [6, 6.07) is 1.35. The molecule has 0 amide bonds. The van der Waals surface area contributed by atoms with Gasteiger partial charge in [0.1, 0.15) is 0 Å². The summed E-state index contributed by atoms with van der Waals surface area (Å²) in [7, 11) is 0. The standard InChI is InChI=1S/C14H28N2/c1-11-7-8-13(9-11)16-14(10-15)12-5-3-2-4-6-12/h11-14,16H,2-10,15H2,1H3. The van der Waals surface area contributed by atoms with E-state index in [1.807, 2.05) is 0 Å². The quantitative estimate of drug-likeness (QED) is 0.770. The van der Waals surface area contributed by atoms with Gasteiger partial charge in [0.15, 0.2) is 0 Å². The smallest absolute Gasteiger partial charge is 0.0221 e. The zero-order valence-corrected chi connectivity index (χ0v) is 10.8. The predicted molar refractivity (Wildman–Crippen MR) is 69.4 cm³/mol. The third-order valence-corrected chi connectivity index (χ3v) is 4.62. The zero-order chi connectivity index (χ0) is 11.4. The van der Waals surface area contributed by atoms with Crippen molar-refractivity contribution in [3.05, 3.63) is 0 Å². The molecule has 3 N–H and O–H groups in total. The SMILES string of the molecule is CC1CCC(NC(CN)C2CCCCC2)C1. The van der Waals surface area contributed by atoms with Crippen molar-refractivity contribution in [2.75, 3.05) is 6.54 Å². The first kappa shape index (κ1) is 12.4. The van der Waals surface area contributed by atoms with Gasteiger partial charge in [0.05, 0.1) is 0 Å². The van der Waals surface area contributed by atoms with Crippen LogP contribution < -0.4 is 11.1 Å². The van der Waals surface area contributed by atoms with Gasteiger partial charge in [-0.1, -0.05) is 26.2 Å². The Balaban J connectivity index is 1.80. The molecule has 2 saturated carbocycles. The maximum absolute atomic E-state index is 5.95. The Labute approximate surface area is 100 Å².